The summed E-state index contributed by atoms with van der Waals surface area (Å²) in [6, 6.07) is 5.74. The lowest BCUT2D eigenvalue weighted by Crippen LogP contribution is -2.26. The number of amides is 1. The second-order valence-corrected chi connectivity index (χ2v) is 6.73. The number of aromatic nitrogens is 1. The van der Waals surface area contributed by atoms with Crippen LogP contribution in [-0.2, 0) is 4.79 Å². The average Bonchev–Trinajstić information content (AvgIpc) is 2.79. The van der Waals surface area contributed by atoms with E-state index in [1.54, 1.807) is 0 Å². The Morgan fingerprint density at radius 1 is 1.50 bits per heavy atom. The largest absolute Gasteiger partial charge is 0.494 e. The van der Waals surface area contributed by atoms with Crippen LogP contribution in [0.1, 0.15) is 20.8 Å². The van der Waals surface area contributed by atoms with Crippen LogP contribution in [0.3, 0.4) is 0 Å². The molecule has 0 spiro atoms. The van der Waals surface area contributed by atoms with Crippen molar-refractivity contribution in [2.75, 3.05) is 11.9 Å². The van der Waals surface area contributed by atoms with Gasteiger partial charge in [-0.1, -0.05) is 41.1 Å². The van der Waals surface area contributed by atoms with E-state index in [0.29, 0.717) is 11.7 Å². The highest BCUT2D eigenvalue weighted by molar-refractivity contribution is 9.10. The molecule has 0 fully saturated rings. The number of anilines is 1. The van der Waals surface area contributed by atoms with Crippen molar-refractivity contribution in [3.63, 3.8) is 0 Å². The standard InChI is InChI=1S/C14H17BrN2O2S/c1-4-19-9-5-6-10-11(7-9)20-14(16-10)17-13(18)12(15)8(2)3/h5-8,12H,4H2,1-3H3,(H,16,17,18). The second-order valence-electron chi connectivity index (χ2n) is 4.72. The van der Waals surface area contributed by atoms with Gasteiger partial charge in [-0.15, -0.1) is 0 Å². The Balaban J connectivity index is 2.17. The summed E-state index contributed by atoms with van der Waals surface area (Å²) >= 11 is 4.84. The number of nitrogens with zero attached hydrogens (tertiary/aromatic N) is 1. The van der Waals surface area contributed by atoms with Crippen LogP contribution in [0.15, 0.2) is 18.2 Å². The molecule has 0 saturated heterocycles. The number of ether oxygens (including phenoxy) is 1. The van der Waals surface area contributed by atoms with Crippen LogP contribution in [-0.4, -0.2) is 22.3 Å². The zero-order chi connectivity index (χ0) is 14.7. The van der Waals surface area contributed by atoms with E-state index in [1.165, 1.54) is 11.3 Å². The van der Waals surface area contributed by atoms with Crippen molar-refractivity contribution < 1.29 is 9.53 Å². The summed E-state index contributed by atoms with van der Waals surface area (Å²) in [6.45, 7) is 6.57. The topological polar surface area (TPSA) is 51.2 Å². The molecule has 4 nitrogen and oxygen atoms in total. The van der Waals surface area contributed by atoms with Gasteiger partial charge in [0.1, 0.15) is 5.75 Å². The first-order valence-corrected chi connectivity index (χ1v) is 8.22. The van der Waals surface area contributed by atoms with E-state index in [0.717, 1.165) is 16.0 Å². The molecule has 0 saturated carbocycles. The number of carbonyl (C=O) groups is 1. The van der Waals surface area contributed by atoms with Crippen LogP contribution in [0.4, 0.5) is 5.13 Å². The van der Waals surface area contributed by atoms with Gasteiger partial charge < -0.3 is 10.1 Å². The van der Waals surface area contributed by atoms with Gasteiger partial charge in [0.15, 0.2) is 5.13 Å². The Morgan fingerprint density at radius 3 is 2.90 bits per heavy atom. The number of thiazole rings is 1. The molecule has 1 amide bonds. The highest BCUT2D eigenvalue weighted by Crippen LogP contribution is 2.29. The Kier molecular flexibility index (Phi) is 4.99. The molecule has 0 radical (unpaired) electrons. The maximum absolute atomic E-state index is 12.0. The molecule has 6 heteroatoms. The number of hydrogen-bond acceptors (Lipinski definition) is 4. The van der Waals surface area contributed by atoms with E-state index in [2.05, 4.69) is 26.2 Å². The third-order valence-corrected chi connectivity index (χ3v) is 5.14. The quantitative estimate of drug-likeness (QED) is 0.822. The SMILES string of the molecule is CCOc1ccc2nc(NC(=O)C(Br)C(C)C)sc2c1. The molecule has 2 rings (SSSR count). The summed E-state index contributed by atoms with van der Waals surface area (Å²) in [6.07, 6.45) is 0. The smallest absolute Gasteiger partial charge is 0.240 e. The van der Waals surface area contributed by atoms with Gasteiger partial charge in [0.25, 0.3) is 0 Å². The van der Waals surface area contributed by atoms with E-state index < -0.39 is 0 Å². The first-order valence-electron chi connectivity index (χ1n) is 6.49. The summed E-state index contributed by atoms with van der Waals surface area (Å²) in [7, 11) is 0. The third-order valence-electron chi connectivity index (χ3n) is 2.74. The summed E-state index contributed by atoms with van der Waals surface area (Å²) in [5.74, 6) is 0.986. The fraction of sp³-hybridized carbons (Fsp3) is 0.429. The number of carbonyl (C=O) groups excluding carboxylic acids is 1. The minimum Gasteiger partial charge on any atom is -0.494 e. The lowest BCUT2D eigenvalue weighted by Gasteiger charge is -2.11. The zero-order valence-electron chi connectivity index (χ0n) is 11.6. The third kappa shape index (κ3) is 3.49. The summed E-state index contributed by atoms with van der Waals surface area (Å²) in [5.41, 5.74) is 0.865. The van der Waals surface area contributed by atoms with Crippen LogP contribution < -0.4 is 10.1 Å². The van der Waals surface area contributed by atoms with Crippen molar-refractivity contribution in [3.8, 4) is 5.75 Å². The molecule has 1 aromatic heterocycles. The lowest BCUT2D eigenvalue weighted by atomic mass is 10.1. The van der Waals surface area contributed by atoms with E-state index in [4.69, 9.17) is 4.74 Å². The first-order chi connectivity index (χ1) is 9.51. The van der Waals surface area contributed by atoms with Gasteiger partial charge in [-0.25, -0.2) is 4.98 Å². The number of benzene rings is 1. The van der Waals surface area contributed by atoms with Crippen molar-refractivity contribution in [3.05, 3.63) is 18.2 Å². The summed E-state index contributed by atoms with van der Waals surface area (Å²) < 4.78 is 6.46. The van der Waals surface area contributed by atoms with Crippen LogP contribution in [0.2, 0.25) is 0 Å². The molecule has 0 aliphatic carbocycles. The molecular formula is C14H17BrN2O2S. The maximum Gasteiger partial charge on any atom is 0.240 e. The number of nitrogens with one attached hydrogen (secondary N) is 1. The van der Waals surface area contributed by atoms with Gasteiger partial charge in [-0.3, -0.25) is 4.79 Å². The van der Waals surface area contributed by atoms with Gasteiger partial charge in [0, 0.05) is 0 Å². The molecule has 1 N–H and O–H groups in total. The second kappa shape index (κ2) is 6.54. The zero-order valence-corrected chi connectivity index (χ0v) is 14.0. The minimum atomic E-state index is -0.214. The monoisotopic (exact) mass is 356 g/mol. The normalized spacial score (nSPS) is 12.7. The van der Waals surface area contributed by atoms with E-state index in [1.807, 2.05) is 39.0 Å². The van der Waals surface area contributed by atoms with Gasteiger partial charge >= 0.3 is 0 Å². The van der Waals surface area contributed by atoms with Crippen LogP contribution in [0.5, 0.6) is 5.75 Å². The van der Waals surface area contributed by atoms with Crippen molar-refractivity contribution in [2.24, 2.45) is 5.92 Å². The predicted octanol–water partition coefficient (Wildman–Crippen LogP) is 4.05. The fourth-order valence-corrected chi connectivity index (χ4v) is 2.70. The Hall–Kier alpha value is -1.14. The summed E-state index contributed by atoms with van der Waals surface area (Å²) in [4.78, 5) is 16.2. The lowest BCUT2D eigenvalue weighted by molar-refractivity contribution is -0.116. The number of hydrogen-bond donors (Lipinski definition) is 1. The molecule has 2 aromatic rings. The maximum atomic E-state index is 12.0. The van der Waals surface area contributed by atoms with Crippen LogP contribution in [0.25, 0.3) is 10.2 Å². The minimum absolute atomic E-state index is 0.0657. The fourth-order valence-electron chi connectivity index (χ4n) is 1.69. The molecule has 20 heavy (non-hydrogen) atoms. The molecule has 1 aromatic carbocycles. The molecule has 1 heterocycles. The van der Waals surface area contributed by atoms with Gasteiger partial charge in [0.05, 0.1) is 21.7 Å². The van der Waals surface area contributed by atoms with Crippen molar-refractivity contribution in [1.29, 1.82) is 0 Å². The predicted molar refractivity (Wildman–Crippen MR) is 87.0 cm³/mol. The molecule has 1 atom stereocenters. The number of rotatable bonds is 5. The first kappa shape index (κ1) is 15.3. The Morgan fingerprint density at radius 2 is 2.25 bits per heavy atom. The molecule has 0 aliphatic heterocycles. The van der Waals surface area contributed by atoms with Gasteiger partial charge in [-0.05, 0) is 31.0 Å². The Labute approximate surface area is 130 Å². The highest BCUT2D eigenvalue weighted by Gasteiger charge is 2.19. The molecular weight excluding hydrogens is 340 g/mol. The van der Waals surface area contributed by atoms with Gasteiger partial charge in [-0.2, -0.15) is 0 Å². The average molecular weight is 357 g/mol. The van der Waals surface area contributed by atoms with Crippen molar-refractivity contribution >= 4 is 48.5 Å². The Bertz CT molecular complexity index is 612. The highest BCUT2D eigenvalue weighted by atomic mass is 79.9. The number of alkyl halides is 1. The van der Waals surface area contributed by atoms with Crippen molar-refractivity contribution in [1.82, 2.24) is 4.98 Å². The van der Waals surface area contributed by atoms with E-state index >= 15 is 0 Å². The van der Waals surface area contributed by atoms with E-state index in [-0.39, 0.29) is 16.7 Å². The van der Waals surface area contributed by atoms with E-state index in [9.17, 15) is 4.79 Å². The number of halogens is 1. The van der Waals surface area contributed by atoms with Crippen LogP contribution >= 0.6 is 27.3 Å². The van der Waals surface area contributed by atoms with Gasteiger partial charge in [0.2, 0.25) is 5.91 Å². The molecule has 0 bridgehead atoms. The van der Waals surface area contributed by atoms with Crippen LogP contribution in [0, 0.1) is 5.92 Å². The summed E-state index contributed by atoms with van der Waals surface area (Å²) in [5, 5.41) is 3.46. The molecule has 1 unspecified atom stereocenters. The number of fused-ring (bicyclic) bond motifs is 1. The molecule has 0 aliphatic rings. The van der Waals surface area contributed by atoms with Crippen molar-refractivity contribution in [2.45, 2.75) is 25.6 Å². The molecule has 108 valence electrons.